The molecule has 0 radical (unpaired) electrons. The second-order valence-electron chi connectivity index (χ2n) is 8.56. The summed E-state index contributed by atoms with van der Waals surface area (Å²) in [6, 6.07) is -3.49. The zero-order valence-corrected chi connectivity index (χ0v) is 18.1. The minimum Gasteiger partial charge on any atom is -0.480 e. The number of nitrogens with two attached hydrogens (primary N) is 2. The number of carbonyl (C=O) groups excluding carboxylic acids is 4. The number of aliphatic carboxylic acids is 1. The van der Waals surface area contributed by atoms with E-state index in [9.17, 15) is 29.1 Å². The molecule has 6 N–H and O–H groups in total. The van der Waals surface area contributed by atoms with Gasteiger partial charge in [-0.15, -0.1) is 0 Å². The lowest BCUT2D eigenvalue weighted by Gasteiger charge is -2.32. The van der Waals surface area contributed by atoms with Crippen LogP contribution < -0.4 is 16.8 Å². The van der Waals surface area contributed by atoms with Crippen LogP contribution in [0.1, 0.15) is 52.4 Å². The fourth-order valence-corrected chi connectivity index (χ4v) is 4.17. The van der Waals surface area contributed by atoms with Crippen LogP contribution >= 0.6 is 0 Å². The fraction of sp³-hybridized carbons (Fsp3) is 0.750. The lowest BCUT2D eigenvalue weighted by molar-refractivity contribution is -0.150. The van der Waals surface area contributed by atoms with Gasteiger partial charge in [0.15, 0.2) is 0 Å². The zero-order chi connectivity index (χ0) is 23.3. The molecule has 31 heavy (non-hydrogen) atoms. The Balaban J connectivity index is 2.07. The molecule has 0 aromatic carbocycles. The van der Waals surface area contributed by atoms with Crippen LogP contribution in [0.2, 0.25) is 0 Å². The summed E-state index contributed by atoms with van der Waals surface area (Å²) in [7, 11) is 0. The van der Waals surface area contributed by atoms with E-state index in [0.29, 0.717) is 38.8 Å². The van der Waals surface area contributed by atoms with Crippen molar-refractivity contribution in [3.63, 3.8) is 0 Å². The third kappa shape index (κ3) is 5.93. The molecule has 2 rings (SSSR count). The number of carboxylic acids is 1. The van der Waals surface area contributed by atoms with Crippen molar-refractivity contribution in [1.82, 2.24) is 15.1 Å². The number of rotatable bonds is 9. The first-order valence-corrected chi connectivity index (χ1v) is 10.7. The molecule has 174 valence electrons. The van der Waals surface area contributed by atoms with Crippen LogP contribution in [0.15, 0.2) is 0 Å². The summed E-state index contributed by atoms with van der Waals surface area (Å²) in [4.78, 5) is 63.8. The van der Waals surface area contributed by atoms with Crippen LogP contribution in [0.4, 0.5) is 0 Å². The van der Waals surface area contributed by atoms with Gasteiger partial charge < -0.3 is 31.7 Å². The van der Waals surface area contributed by atoms with E-state index in [1.165, 1.54) is 9.80 Å². The van der Waals surface area contributed by atoms with E-state index in [1.807, 2.05) is 0 Å². The molecular weight excluding hydrogens is 406 g/mol. The molecule has 0 aromatic heterocycles. The van der Waals surface area contributed by atoms with Crippen molar-refractivity contribution < 1.29 is 29.1 Å². The van der Waals surface area contributed by atoms with Gasteiger partial charge in [-0.05, 0) is 38.0 Å². The van der Waals surface area contributed by atoms with Crippen LogP contribution in [-0.4, -0.2) is 81.8 Å². The Hall–Kier alpha value is -2.69. The number of carboxylic acid groups (broad SMARTS) is 1. The molecule has 2 saturated heterocycles. The summed E-state index contributed by atoms with van der Waals surface area (Å²) in [6.07, 6.45) is 2.09. The Kier molecular flexibility index (Phi) is 8.37. The van der Waals surface area contributed by atoms with Crippen LogP contribution in [0.5, 0.6) is 0 Å². The maximum atomic E-state index is 13.0. The summed E-state index contributed by atoms with van der Waals surface area (Å²) in [5.74, 6) is -3.21. The molecule has 0 aromatic rings. The monoisotopic (exact) mass is 439 g/mol. The van der Waals surface area contributed by atoms with Gasteiger partial charge in [-0.2, -0.15) is 0 Å². The first-order chi connectivity index (χ1) is 14.5. The van der Waals surface area contributed by atoms with Gasteiger partial charge in [-0.25, -0.2) is 4.79 Å². The average Bonchev–Trinajstić information content (AvgIpc) is 3.38. The molecule has 2 aliphatic rings. The van der Waals surface area contributed by atoms with Gasteiger partial charge in [0.1, 0.15) is 18.1 Å². The van der Waals surface area contributed by atoms with Crippen LogP contribution in [0.3, 0.4) is 0 Å². The number of nitrogens with one attached hydrogen (secondary N) is 1. The van der Waals surface area contributed by atoms with Crippen LogP contribution in [-0.2, 0) is 24.0 Å². The van der Waals surface area contributed by atoms with E-state index >= 15 is 0 Å². The van der Waals surface area contributed by atoms with Gasteiger partial charge in [0.25, 0.3) is 0 Å². The van der Waals surface area contributed by atoms with Crippen molar-refractivity contribution in [3.8, 4) is 0 Å². The number of primary amides is 1. The standard InChI is InChI=1S/C20H33N5O6/c1-11(2)16(19(29)25-10-4-6-14(25)20(30)31)23-17(27)13-5-3-9-24(13)18(28)12(21)7-8-15(22)26/h11-14,16H,3-10,21H2,1-2H3,(H2,22,26)(H,23,27)(H,30,31). The van der Waals surface area contributed by atoms with E-state index in [2.05, 4.69) is 5.32 Å². The SMILES string of the molecule is CC(C)C(NC(=O)C1CCCN1C(=O)C(N)CCC(N)=O)C(=O)N1CCCC1C(=O)O. The minimum absolute atomic E-state index is 0.0257. The first kappa shape index (κ1) is 24.6. The Labute approximate surface area is 181 Å². The lowest BCUT2D eigenvalue weighted by Crippen LogP contribution is -2.58. The van der Waals surface area contributed by atoms with Gasteiger partial charge in [0.05, 0.1) is 6.04 Å². The highest BCUT2D eigenvalue weighted by molar-refractivity contribution is 5.94. The summed E-state index contributed by atoms with van der Waals surface area (Å²) >= 11 is 0. The number of carbonyl (C=O) groups is 5. The summed E-state index contributed by atoms with van der Waals surface area (Å²) in [6.45, 7) is 4.23. The maximum absolute atomic E-state index is 13.0. The second kappa shape index (κ2) is 10.6. The van der Waals surface area contributed by atoms with Crippen molar-refractivity contribution >= 4 is 29.6 Å². The molecule has 2 heterocycles. The molecule has 11 heteroatoms. The summed E-state index contributed by atoms with van der Waals surface area (Å²) < 4.78 is 0. The Bertz CT molecular complexity index is 727. The smallest absolute Gasteiger partial charge is 0.326 e. The third-order valence-electron chi connectivity index (χ3n) is 5.91. The van der Waals surface area contributed by atoms with Gasteiger partial charge >= 0.3 is 5.97 Å². The highest BCUT2D eigenvalue weighted by Crippen LogP contribution is 2.22. The van der Waals surface area contributed by atoms with Gasteiger partial charge in [-0.3, -0.25) is 19.2 Å². The normalized spacial score (nSPS) is 23.0. The van der Waals surface area contributed by atoms with E-state index in [-0.39, 0.29) is 18.8 Å². The lowest BCUT2D eigenvalue weighted by atomic mass is 10.0. The van der Waals surface area contributed by atoms with E-state index in [1.54, 1.807) is 13.8 Å². The van der Waals surface area contributed by atoms with Crippen LogP contribution in [0, 0.1) is 5.92 Å². The molecule has 11 nitrogen and oxygen atoms in total. The highest BCUT2D eigenvalue weighted by Gasteiger charge is 2.41. The zero-order valence-electron chi connectivity index (χ0n) is 18.1. The number of likely N-dealkylation sites (tertiary alicyclic amines) is 2. The molecule has 4 atom stereocenters. The summed E-state index contributed by atoms with van der Waals surface area (Å²) in [5, 5.41) is 12.1. The molecule has 0 saturated carbocycles. The van der Waals surface area contributed by atoms with Crippen LogP contribution in [0.25, 0.3) is 0 Å². The van der Waals surface area contributed by atoms with Crippen molar-refractivity contribution in [2.75, 3.05) is 13.1 Å². The first-order valence-electron chi connectivity index (χ1n) is 10.7. The highest BCUT2D eigenvalue weighted by atomic mass is 16.4. The topological polar surface area (TPSA) is 176 Å². The molecule has 4 amide bonds. The summed E-state index contributed by atoms with van der Waals surface area (Å²) in [5.41, 5.74) is 11.0. The fourth-order valence-electron chi connectivity index (χ4n) is 4.17. The average molecular weight is 440 g/mol. The molecule has 4 unspecified atom stereocenters. The molecule has 0 spiro atoms. The molecule has 2 aliphatic heterocycles. The number of hydrogen-bond donors (Lipinski definition) is 4. The number of amides is 4. The molecular formula is C20H33N5O6. The Morgan fingerprint density at radius 3 is 2.06 bits per heavy atom. The number of hydrogen-bond acceptors (Lipinski definition) is 6. The van der Waals surface area contributed by atoms with Crippen molar-refractivity contribution in [2.45, 2.75) is 76.5 Å². The Morgan fingerprint density at radius 1 is 1.00 bits per heavy atom. The van der Waals surface area contributed by atoms with E-state index in [0.717, 1.165) is 0 Å². The van der Waals surface area contributed by atoms with Crippen molar-refractivity contribution in [2.24, 2.45) is 17.4 Å². The maximum Gasteiger partial charge on any atom is 0.326 e. The number of nitrogens with zero attached hydrogens (tertiary/aromatic N) is 2. The van der Waals surface area contributed by atoms with E-state index < -0.39 is 53.8 Å². The van der Waals surface area contributed by atoms with Crippen molar-refractivity contribution in [1.29, 1.82) is 0 Å². The minimum atomic E-state index is -1.06. The molecule has 0 aliphatic carbocycles. The van der Waals surface area contributed by atoms with E-state index in [4.69, 9.17) is 11.5 Å². The predicted octanol–water partition coefficient (Wildman–Crippen LogP) is -1.21. The van der Waals surface area contributed by atoms with Gasteiger partial charge in [0, 0.05) is 19.5 Å². The molecule has 2 fully saturated rings. The predicted molar refractivity (Wildman–Crippen MR) is 110 cm³/mol. The molecule has 0 bridgehead atoms. The quantitative estimate of drug-likeness (QED) is 0.348. The van der Waals surface area contributed by atoms with Gasteiger partial charge in [0.2, 0.25) is 23.6 Å². The van der Waals surface area contributed by atoms with Gasteiger partial charge in [-0.1, -0.05) is 13.8 Å². The largest absolute Gasteiger partial charge is 0.480 e. The third-order valence-corrected chi connectivity index (χ3v) is 5.91. The van der Waals surface area contributed by atoms with Crippen molar-refractivity contribution in [3.05, 3.63) is 0 Å². The second-order valence-corrected chi connectivity index (χ2v) is 8.56. The Morgan fingerprint density at radius 2 is 1.55 bits per heavy atom.